The van der Waals surface area contributed by atoms with Gasteiger partial charge in [0.1, 0.15) is 0 Å². The summed E-state index contributed by atoms with van der Waals surface area (Å²) in [4.78, 5) is 12.1. The molecule has 3 nitrogen and oxygen atoms in total. The van der Waals surface area contributed by atoms with Crippen LogP contribution in [-0.2, 0) is 25.8 Å². The van der Waals surface area contributed by atoms with Crippen LogP contribution in [0.5, 0.6) is 0 Å². The van der Waals surface area contributed by atoms with Crippen molar-refractivity contribution < 1.29 is 0 Å². The second-order valence-electron chi connectivity index (χ2n) is 4.23. The molecule has 3 heteroatoms. The number of aromatic nitrogens is 1. The molecule has 1 aromatic heterocycles. The highest BCUT2D eigenvalue weighted by Gasteiger charge is 2.16. The van der Waals surface area contributed by atoms with E-state index >= 15 is 0 Å². The van der Waals surface area contributed by atoms with Crippen LogP contribution < -0.4 is 5.56 Å². The maximum absolute atomic E-state index is 12.1. The third-order valence-electron chi connectivity index (χ3n) is 3.26. The first-order valence-electron chi connectivity index (χ1n) is 5.89. The monoisotopic (exact) mass is 216 g/mol. The highest BCUT2D eigenvalue weighted by atomic mass is 16.1. The van der Waals surface area contributed by atoms with Crippen molar-refractivity contribution in [3.8, 4) is 6.07 Å². The molecule has 0 aliphatic heterocycles. The number of hydrogen-bond acceptors (Lipinski definition) is 2. The van der Waals surface area contributed by atoms with Gasteiger partial charge in [-0.05, 0) is 44.2 Å². The van der Waals surface area contributed by atoms with Crippen LogP contribution in [0.4, 0.5) is 0 Å². The maximum atomic E-state index is 12.1. The molecule has 2 rings (SSSR count). The molecule has 0 spiro atoms. The second kappa shape index (κ2) is 4.52. The van der Waals surface area contributed by atoms with Crippen molar-refractivity contribution in [2.75, 3.05) is 0 Å². The van der Waals surface area contributed by atoms with Gasteiger partial charge in [-0.3, -0.25) is 4.79 Å². The molecule has 0 N–H and O–H groups in total. The van der Waals surface area contributed by atoms with Crippen LogP contribution in [0.3, 0.4) is 0 Å². The molecule has 84 valence electrons. The average molecular weight is 216 g/mol. The van der Waals surface area contributed by atoms with E-state index < -0.39 is 0 Å². The molecule has 0 unspecified atom stereocenters. The van der Waals surface area contributed by atoms with Crippen LogP contribution in [0.2, 0.25) is 0 Å². The van der Waals surface area contributed by atoms with E-state index in [1.807, 2.05) is 17.6 Å². The largest absolute Gasteiger partial charge is 0.312 e. The minimum Gasteiger partial charge on any atom is -0.312 e. The predicted molar refractivity (Wildman–Crippen MR) is 62.3 cm³/mol. The molecule has 1 heterocycles. The number of fused-ring (bicyclic) bond motifs is 1. The van der Waals surface area contributed by atoms with Gasteiger partial charge < -0.3 is 4.57 Å². The lowest BCUT2D eigenvalue weighted by Crippen LogP contribution is -2.28. The number of nitrogens with zero attached hydrogens (tertiary/aromatic N) is 2. The van der Waals surface area contributed by atoms with Crippen LogP contribution in [-0.4, -0.2) is 4.57 Å². The topological polar surface area (TPSA) is 45.8 Å². The van der Waals surface area contributed by atoms with E-state index in [9.17, 15) is 4.79 Å². The Balaban J connectivity index is 2.61. The maximum Gasteiger partial charge on any atom is 0.255 e. The summed E-state index contributed by atoms with van der Waals surface area (Å²) in [5.41, 5.74) is 3.16. The lowest BCUT2D eigenvalue weighted by atomic mass is 9.94. The Labute approximate surface area is 95.3 Å². The zero-order chi connectivity index (χ0) is 11.5. The van der Waals surface area contributed by atoms with Gasteiger partial charge in [-0.1, -0.05) is 0 Å². The molecule has 0 radical (unpaired) electrons. The smallest absolute Gasteiger partial charge is 0.255 e. The van der Waals surface area contributed by atoms with Gasteiger partial charge in [0.15, 0.2) is 0 Å². The minimum atomic E-state index is 0.0321. The second-order valence-corrected chi connectivity index (χ2v) is 4.23. The van der Waals surface area contributed by atoms with Gasteiger partial charge in [-0.15, -0.1) is 0 Å². The molecular weight excluding hydrogens is 200 g/mol. The molecule has 0 saturated carbocycles. The van der Waals surface area contributed by atoms with Gasteiger partial charge in [0.05, 0.1) is 12.5 Å². The lowest BCUT2D eigenvalue weighted by Gasteiger charge is -2.21. The first-order valence-corrected chi connectivity index (χ1v) is 5.89. The first-order chi connectivity index (χ1) is 7.77. The highest BCUT2D eigenvalue weighted by Crippen LogP contribution is 2.20. The fourth-order valence-corrected chi connectivity index (χ4v) is 2.49. The van der Waals surface area contributed by atoms with Crippen molar-refractivity contribution in [1.82, 2.24) is 4.57 Å². The van der Waals surface area contributed by atoms with Gasteiger partial charge in [0, 0.05) is 17.8 Å². The number of pyridine rings is 1. The molecule has 0 bridgehead atoms. The molecule has 0 saturated heterocycles. The Morgan fingerprint density at radius 3 is 2.88 bits per heavy atom. The highest BCUT2D eigenvalue weighted by molar-refractivity contribution is 5.30. The number of rotatable bonds is 2. The molecule has 0 atom stereocenters. The van der Waals surface area contributed by atoms with Crippen LogP contribution >= 0.6 is 0 Å². The molecule has 16 heavy (non-hydrogen) atoms. The Kier molecular flexibility index (Phi) is 3.09. The van der Waals surface area contributed by atoms with Crippen LogP contribution in [0, 0.1) is 11.3 Å². The molecule has 0 aromatic carbocycles. The summed E-state index contributed by atoms with van der Waals surface area (Å²) in [6.45, 7) is 2.70. The van der Waals surface area contributed by atoms with Crippen LogP contribution in [0.15, 0.2) is 10.9 Å². The van der Waals surface area contributed by atoms with Gasteiger partial charge in [-0.25, -0.2) is 0 Å². The Bertz CT molecular complexity index is 494. The van der Waals surface area contributed by atoms with Crippen molar-refractivity contribution >= 4 is 0 Å². The van der Waals surface area contributed by atoms with Crippen molar-refractivity contribution in [2.45, 2.75) is 45.6 Å². The molecule has 1 aliphatic rings. The van der Waals surface area contributed by atoms with Crippen molar-refractivity contribution in [2.24, 2.45) is 0 Å². The molecule has 1 aliphatic carbocycles. The quantitative estimate of drug-likeness (QED) is 0.757. The van der Waals surface area contributed by atoms with Gasteiger partial charge >= 0.3 is 0 Å². The Morgan fingerprint density at radius 2 is 2.19 bits per heavy atom. The fraction of sp³-hybridized carbons (Fsp3) is 0.538. The number of nitriles is 1. The Morgan fingerprint density at radius 1 is 1.44 bits per heavy atom. The van der Waals surface area contributed by atoms with Crippen LogP contribution in [0.25, 0.3) is 0 Å². The zero-order valence-corrected chi connectivity index (χ0v) is 9.62. The number of aryl methyl sites for hydroxylation is 1. The Hall–Kier alpha value is -1.56. The third-order valence-corrected chi connectivity index (χ3v) is 3.26. The standard InChI is InChI=1S/C13H16N2O/c1-2-15-12-6-4-3-5-10(12)9-11(7-8-14)13(15)16/h9H,2-7H2,1H3. The van der Waals surface area contributed by atoms with Gasteiger partial charge in [0.25, 0.3) is 5.56 Å². The average Bonchev–Trinajstić information content (AvgIpc) is 2.31. The van der Waals surface area contributed by atoms with Crippen molar-refractivity contribution in [1.29, 1.82) is 5.26 Å². The van der Waals surface area contributed by atoms with E-state index in [0.29, 0.717) is 12.1 Å². The first kappa shape index (κ1) is 10.9. The summed E-state index contributed by atoms with van der Waals surface area (Å²) >= 11 is 0. The summed E-state index contributed by atoms with van der Waals surface area (Å²) in [5, 5.41) is 8.71. The van der Waals surface area contributed by atoms with Crippen LogP contribution in [0.1, 0.15) is 36.6 Å². The van der Waals surface area contributed by atoms with Gasteiger partial charge in [-0.2, -0.15) is 5.26 Å². The number of hydrogen-bond donors (Lipinski definition) is 0. The molecule has 0 fully saturated rings. The summed E-state index contributed by atoms with van der Waals surface area (Å²) in [6.07, 6.45) is 4.65. The van der Waals surface area contributed by atoms with E-state index in [2.05, 4.69) is 6.07 Å². The zero-order valence-electron chi connectivity index (χ0n) is 9.62. The van der Waals surface area contributed by atoms with E-state index in [-0.39, 0.29) is 12.0 Å². The normalized spacial score (nSPS) is 14.2. The molecule has 0 amide bonds. The summed E-state index contributed by atoms with van der Waals surface area (Å²) < 4.78 is 1.85. The van der Waals surface area contributed by atoms with Crippen molar-refractivity contribution in [3.05, 3.63) is 33.2 Å². The van der Waals surface area contributed by atoms with E-state index in [1.165, 1.54) is 24.1 Å². The fourth-order valence-electron chi connectivity index (χ4n) is 2.49. The SMILES string of the molecule is CCn1c2c(cc(CC#N)c1=O)CCCC2. The van der Waals surface area contributed by atoms with Gasteiger partial charge in [0.2, 0.25) is 0 Å². The third kappa shape index (κ3) is 1.76. The predicted octanol–water partition coefficient (Wildman–Crippen LogP) is 1.81. The minimum absolute atomic E-state index is 0.0321. The van der Waals surface area contributed by atoms with E-state index in [1.54, 1.807) is 0 Å². The lowest BCUT2D eigenvalue weighted by molar-refractivity contribution is 0.587. The van der Waals surface area contributed by atoms with E-state index in [4.69, 9.17) is 5.26 Å². The summed E-state index contributed by atoms with van der Waals surface area (Å²) in [7, 11) is 0. The molecular formula is C13H16N2O. The molecule has 1 aromatic rings. The summed E-state index contributed by atoms with van der Waals surface area (Å²) in [6, 6.07) is 4.02. The van der Waals surface area contributed by atoms with E-state index in [0.717, 1.165) is 12.8 Å². The van der Waals surface area contributed by atoms with Crippen molar-refractivity contribution in [3.63, 3.8) is 0 Å². The summed E-state index contributed by atoms with van der Waals surface area (Å²) in [5.74, 6) is 0.